The van der Waals surface area contributed by atoms with Crippen LogP contribution in [0.3, 0.4) is 0 Å². The maximum atomic E-state index is 11.8. The fourth-order valence-electron chi connectivity index (χ4n) is 1.51. The molecular formula is C12H17N3O3. The summed E-state index contributed by atoms with van der Waals surface area (Å²) in [6.07, 6.45) is 1.85. The second kappa shape index (κ2) is 6.09. The SMILES string of the molecule is Cc1nccc(C(=O)N[C@H](CC(C)C)C(=O)O)n1. The van der Waals surface area contributed by atoms with Crippen LogP contribution in [0.25, 0.3) is 0 Å². The minimum Gasteiger partial charge on any atom is -0.480 e. The minimum absolute atomic E-state index is 0.178. The molecule has 6 heteroatoms. The van der Waals surface area contributed by atoms with E-state index in [0.717, 1.165) is 0 Å². The number of amides is 1. The first-order valence-electron chi connectivity index (χ1n) is 5.73. The van der Waals surface area contributed by atoms with Gasteiger partial charge in [0.2, 0.25) is 0 Å². The van der Waals surface area contributed by atoms with E-state index >= 15 is 0 Å². The first-order valence-corrected chi connectivity index (χ1v) is 5.73. The van der Waals surface area contributed by atoms with Crippen molar-refractivity contribution in [1.29, 1.82) is 0 Å². The van der Waals surface area contributed by atoms with Crippen LogP contribution in [0.2, 0.25) is 0 Å². The van der Waals surface area contributed by atoms with Crippen molar-refractivity contribution in [2.45, 2.75) is 33.2 Å². The zero-order chi connectivity index (χ0) is 13.7. The van der Waals surface area contributed by atoms with Crippen molar-refractivity contribution in [3.05, 3.63) is 23.8 Å². The van der Waals surface area contributed by atoms with Gasteiger partial charge >= 0.3 is 5.97 Å². The van der Waals surface area contributed by atoms with Crippen LogP contribution in [0, 0.1) is 12.8 Å². The van der Waals surface area contributed by atoms with Gasteiger partial charge in [-0.25, -0.2) is 14.8 Å². The molecule has 98 valence electrons. The van der Waals surface area contributed by atoms with Crippen molar-refractivity contribution in [1.82, 2.24) is 15.3 Å². The van der Waals surface area contributed by atoms with E-state index in [2.05, 4.69) is 15.3 Å². The van der Waals surface area contributed by atoms with Gasteiger partial charge in [-0.15, -0.1) is 0 Å². The number of hydrogen-bond donors (Lipinski definition) is 2. The number of nitrogens with zero attached hydrogens (tertiary/aromatic N) is 2. The van der Waals surface area contributed by atoms with Crippen molar-refractivity contribution in [2.75, 3.05) is 0 Å². The Balaban J connectivity index is 2.75. The number of rotatable bonds is 5. The predicted molar refractivity (Wildman–Crippen MR) is 65.1 cm³/mol. The Labute approximate surface area is 105 Å². The molecule has 1 aromatic heterocycles. The van der Waals surface area contributed by atoms with Crippen molar-refractivity contribution >= 4 is 11.9 Å². The first kappa shape index (κ1) is 14.1. The van der Waals surface area contributed by atoms with Crippen molar-refractivity contribution in [3.63, 3.8) is 0 Å². The molecule has 18 heavy (non-hydrogen) atoms. The largest absolute Gasteiger partial charge is 0.480 e. The molecular weight excluding hydrogens is 234 g/mol. The number of carbonyl (C=O) groups excluding carboxylic acids is 1. The third-order valence-corrected chi connectivity index (χ3v) is 2.32. The molecule has 0 bridgehead atoms. The monoisotopic (exact) mass is 251 g/mol. The third-order valence-electron chi connectivity index (χ3n) is 2.32. The summed E-state index contributed by atoms with van der Waals surface area (Å²) in [7, 11) is 0. The first-order chi connectivity index (χ1) is 8.40. The van der Waals surface area contributed by atoms with E-state index in [0.29, 0.717) is 12.2 Å². The van der Waals surface area contributed by atoms with Gasteiger partial charge in [-0.3, -0.25) is 4.79 Å². The average molecular weight is 251 g/mol. The van der Waals surface area contributed by atoms with Crippen molar-refractivity contribution < 1.29 is 14.7 Å². The number of hydrogen-bond acceptors (Lipinski definition) is 4. The lowest BCUT2D eigenvalue weighted by atomic mass is 10.0. The molecule has 1 atom stereocenters. The summed E-state index contributed by atoms with van der Waals surface area (Å²) in [5.74, 6) is -0.881. The molecule has 0 saturated heterocycles. The van der Waals surface area contributed by atoms with Crippen LogP contribution in [0.15, 0.2) is 12.3 Å². The van der Waals surface area contributed by atoms with Crippen LogP contribution in [0.1, 0.15) is 36.6 Å². The molecule has 0 unspecified atom stereocenters. The number of carboxylic acid groups (broad SMARTS) is 1. The highest BCUT2D eigenvalue weighted by Crippen LogP contribution is 2.06. The summed E-state index contributed by atoms with van der Waals surface area (Å²) in [5, 5.41) is 11.5. The number of carbonyl (C=O) groups is 2. The zero-order valence-electron chi connectivity index (χ0n) is 10.7. The van der Waals surface area contributed by atoms with E-state index in [1.165, 1.54) is 12.3 Å². The smallest absolute Gasteiger partial charge is 0.326 e. The third kappa shape index (κ3) is 4.12. The van der Waals surface area contributed by atoms with Gasteiger partial charge in [0.1, 0.15) is 17.6 Å². The quantitative estimate of drug-likeness (QED) is 0.815. The summed E-state index contributed by atoms with van der Waals surface area (Å²) in [5.41, 5.74) is 0.178. The van der Waals surface area contributed by atoms with Crippen LogP contribution in [-0.4, -0.2) is 33.0 Å². The van der Waals surface area contributed by atoms with Crippen LogP contribution in [0.4, 0.5) is 0 Å². The Morgan fingerprint density at radius 2 is 2.11 bits per heavy atom. The fourth-order valence-corrected chi connectivity index (χ4v) is 1.51. The Morgan fingerprint density at radius 3 is 2.61 bits per heavy atom. The fraction of sp³-hybridized carbons (Fsp3) is 0.500. The minimum atomic E-state index is -1.04. The number of aromatic nitrogens is 2. The number of aliphatic carboxylic acids is 1. The zero-order valence-corrected chi connectivity index (χ0v) is 10.7. The standard InChI is InChI=1S/C12H17N3O3/c1-7(2)6-10(12(17)18)15-11(16)9-4-5-13-8(3)14-9/h4-5,7,10H,6H2,1-3H3,(H,15,16)(H,17,18)/t10-/m1/s1. The summed E-state index contributed by atoms with van der Waals surface area (Å²) in [6, 6.07) is 0.559. The number of aryl methyl sites for hydroxylation is 1. The molecule has 2 N–H and O–H groups in total. The van der Waals surface area contributed by atoms with Gasteiger partial charge in [0.15, 0.2) is 0 Å². The van der Waals surface area contributed by atoms with Crippen molar-refractivity contribution in [3.8, 4) is 0 Å². The maximum Gasteiger partial charge on any atom is 0.326 e. The maximum absolute atomic E-state index is 11.8. The number of carboxylic acids is 1. The molecule has 0 aliphatic heterocycles. The van der Waals surface area contributed by atoms with Crippen LogP contribution in [0.5, 0.6) is 0 Å². The van der Waals surface area contributed by atoms with Crippen molar-refractivity contribution in [2.24, 2.45) is 5.92 Å². The lowest BCUT2D eigenvalue weighted by Crippen LogP contribution is -2.42. The highest BCUT2D eigenvalue weighted by atomic mass is 16.4. The lowest BCUT2D eigenvalue weighted by Gasteiger charge is -2.16. The van der Waals surface area contributed by atoms with Gasteiger partial charge in [0.05, 0.1) is 0 Å². The van der Waals surface area contributed by atoms with E-state index in [1.54, 1.807) is 6.92 Å². The Kier molecular flexibility index (Phi) is 4.76. The average Bonchev–Trinajstić information content (AvgIpc) is 2.27. The summed E-state index contributed by atoms with van der Waals surface area (Å²) < 4.78 is 0. The van der Waals surface area contributed by atoms with Gasteiger partial charge in [0.25, 0.3) is 5.91 Å². The van der Waals surface area contributed by atoms with Gasteiger partial charge < -0.3 is 10.4 Å². The molecule has 0 aromatic carbocycles. The molecule has 0 radical (unpaired) electrons. The van der Waals surface area contributed by atoms with E-state index in [-0.39, 0.29) is 11.6 Å². The lowest BCUT2D eigenvalue weighted by molar-refractivity contribution is -0.139. The molecule has 0 aliphatic carbocycles. The summed E-state index contributed by atoms with van der Waals surface area (Å²) in [6.45, 7) is 5.47. The molecule has 0 aliphatic rings. The normalized spacial score (nSPS) is 12.2. The second-order valence-corrected chi connectivity index (χ2v) is 4.48. The molecule has 1 heterocycles. The molecule has 1 rings (SSSR count). The topological polar surface area (TPSA) is 92.2 Å². The molecule has 1 aromatic rings. The van der Waals surface area contributed by atoms with Gasteiger partial charge in [-0.2, -0.15) is 0 Å². The molecule has 6 nitrogen and oxygen atoms in total. The molecule has 1 amide bonds. The van der Waals surface area contributed by atoms with E-state index in [9.17, 15) is 9.59 Å². The van der Waals surface area contributed by atoms with Gasteiger partial charge in [-0.1, -0.05) is 13.8 Å². The summed E-state index contributed by atoms with van der Waals surface area (Å²) >= 11 is 0. The Morgan fingerprint density at radius 1 is 1.44 bits per heavy atom. The Hall–Kier alpha value is -1.98. The molecule has 0 spiro atoms. The number of nitrogens with one attached hydrogen (secondary N) is 1. The predicted octanol–water partition coefficient (Wildman–Crippen LogP) is 1.01. The highest BCUT2D eigenvalue weighted by molar-refractivity contribution is 5.94. The van der Waals surface area contributed by atoms with Crippen LogP contribution < -0.4 is 5.32 Å². The van der Waals surface area contributed by atoms with Gasteiger partial charge in [-0.05, 0) is 25.3 Å². The molecule has 0 saturated carbocycles. The van der Waals surface area contributed by atoms with E-state index in [1.807, 2.05) is 13.8 Å². The Bertz CT molecular complexity index is 446. The summed E-state index contributed by atoms with van der Waals surface area (Å²) in [4.78, 5) is 30.7. The van der Waals surface area contributed by atoms with Crippen LogP contribution >= 0.6 is 0 Å². The van der Waals surface area contributed by atoms with E-state index < -0.39 is 17.9 Å². The highest BCUT2D eigenvalue weighted by Gasteiger charge is 2.22. The van der Waals surface area contributed by atoms with Crippen LogP contribution in [-0.2, 0) is 4.79 Å². The molecule has 0 fully saturated rings. The van der Waals surface area contributed by atoms with E-state index in [4.69, 9.17) is 5.11 Å². The second-order valence-electron chi connectivity index (χ2n) is 4.48. The van der Waals surface area contributed by atoms with Gasteiger partial charge in [0, 0.05) is 6.20 Å².